The van der Waals surface area contributed by atoms with Crippen LogP contribution in [0.2, 0.25) is 5.02 Å². The van der Waals surface area contributed by atoms with Gasteiger partial charge in [-0.2, -0.15) is 4.31 Å². The van der Waals surface area contributed by atoms with Crippen molar-refractivity contribution in [3.63, 3.8) is 0 Å². The molecule has 0 spiro atoms. The molecular weight excluding hydrogens is 522 g/mol. The maximum atomic E-state index is 13.0. The van der Waals surface area contributed by atoms with Gasteiger partial charge in [0, 0.05) is 30.0 Å². The fraction of sp³-hybridized carbons (Fsp3) is 0.240. The van der Waals surface area contributed by atoms with Crippen LogP contribution in [-0.4, -0.2) is 40.1 Å². The summed E-state index contributed by atoms with van der Waals surface area (Å²) < 4.78 is 55.6. The molecular formula is C25H26ClN3O5S2. The number of amides is 1. The number of sulfonamides is 2. The number of carbonyl (C=O) groups excluding carboxylic acids is 1. The molecule has 3 aromatic carbocycles. The van der Waals surface area contributed by atoms with Gasteiger partial charge in [-0.25, -0.2) is 16.8 Å². The van der Waals surface area contributed by atoms with Crippen LogP contribution < -0.4 is 10.0 Å². The second kappa shape index (κ2) is 11.0. The first-order valence-electron chi connectivity index (χ1n) is 11.5. The van der Waals surface area contributed by atoms with Gasteiger partial charge in [-0.05, 0) is 67.4 Å². The molecule has 0 aromatic heterocycles. The van der Waals surface area contributed by atoms with Gasteiger partial charge in [0.1, 0.15) is 4.90 Å². The third-order valence-electron chi connectivity index (χ3n) is 5.82. The van der Waals surface area contributed by atoms with E-state index in [1.54, 1.807) is 30.3 Å². The molecule has 190 valence electrons. The molecule has 36 heavy (non-hydrogen) atoms. The SMILES string of the molecule is O=C(Nc1ccc(S(=O)(=O)N2CCCCCC2)cc1)c1ccc(Cl)c(S(=O)(=O)Nc2ccccc2)c1. The van der Waals surface area contributed by atoms with Gasteiger partial charge in [-0.1, -0.05) is 42.6 Å². The van der Waals surface area contributed by atoms with Crippen LogP contribution in [0.25, 0.3) is 0 Å². The first-order chi connectivity index (χ1) is 17.2. The molecule has 0 bridgehead atoms. The molecule has 0 radical (unpaired) electrons. The molecule has 1 amide bonds. The van der Waals surface area contributed by atoms with E-state index in [0.717, 1.165) is 25.7 Å². The van der Waals surface area contributed by atoms with E-state index in [4.69, 9.17) is 11.6 Å². The predicted molar refractivity (Wildman–Crippen MR) is 140 cm³/mol. The normalized spacial score (nSPS) is 15.1. The highest BCUT2D eigenvalue weighted by Crippen LogP contribution is 2.26. The zero-order valence-corrected chi connectivity index (χ0v) is 21.7. The number of rotatable bonds is 7. The highest BCUT2D eigenvalue weighted by molar-refractivity contribution is 7.92. The monoisotopic (exact) mass is 547 g/mol. The molecule has 0 atom stereocenters. The molecule has 11 heteroatoms. The number of para-hydroxylation sites is 1. The molecule has 0 saturated carbocycles. The van der Waals surface area contributed by atoms with Crippen molar-refractivity contribution < 1.29 is 21.6 Å². The number of hydrogen-bond acceptors (Lipinski definition) is 5. The fourth-order valence-corrected chi connectivity index (χ4v) is 7.01. The van der Waals surface area contributed by atoms with Crippen molar-refractivity contribution in [2.75, 3.05) is 23.1 Å². The van der Waals surface area contributed by atoms with Crippen LogP contribution in [0.5, 0.6) is 0 Å². The Kier molecular flexibility index (Phi) is 7.99. The van der Waals surface area contributed by atoms with Gasteiger partial charge >= 0.3 is 0 Å². The molecule has 1 aliphatic heterocycles. The molecule has 1 fully saturated rings. The summed E-state index contributed by atoms with van der Waals surface area (Å²) in [5.41, 5.74) is 0.810. The van der Waals surface area contributed by atoms with Crippen molar-refractivity contribution in [1.29, 1.82) is 0 Å². The van der Waals surface area contributed by atoms with Gasteiger partial charge in [0.2, 0.25) is 10.0 Å². The van der Waals surface area contributed by atoms with E-state index in [1.165, 1.54) is 46.8 Å². The third kappa shape index (κ3) is 6.07. The van der Waals surface area contributed by atoms with Crippen LogP contribution in [-0.2, 0) is 20.0 Å². The Morgan fingerprint density at radius 2 is 1.42 bits per heavy atom. The van der Waals surface area contributed by atoms with Crippen molar-refractivity contribution in [2.24, 2.45) is 0 Å². The van der Waals surface area contributed by atoms with E-state index in [0.29, 0.717) is 24.5 Å². The predicted octanol–water partition coefficient (Wildman–Crippen LogP) is 4.96. The van der Waals surface area contributed by atoms with Crippen molar-refractivity contribution in [3.8, 4) is 0 Å². The molecule has 3 aromatic rings. The molecule has 1 saturated heterocycles. The van der Waals surface area contributed by atoms with Gasteiger partial charge in [-0.15, -0.1) is 0 Å². The van der Waals surface area contributed by atoms with Crippen LogP contribution in [0, 0.1) is 0 Å². The Bertz CT molecular complexity index is 1440. The molecule has 4 rings (SSSR count). The van der Waals surface area contributed by atoms with E-state index in [9.17, 15) is 21.6 Å². The van der Waals surface area contributed by atoms with E-state index in [-0.39, 0.29) is 20.4 Å². The summed E-state index contributed by atoms with van der Waals surface area (Å²) in [5.74, 6) is -0.564. The van der Waals surface area contributed by atoms with E-state index >= 15 is 0 Å². The lowest BCUT2D eigenvalue weighted by atomic mass is 10.2. The van der Waals surface area contributed by atoms with Gasteiger partial charge in [-0.3, -0.25) is 9.52 Å². The summed E-state index contributed by atoms with van der Waals surface area (Å²) in [5, 5.41) is 2.64. The summed E-state index contributed by atoms with van der Waals surface area (Å²) in [6, 6.07) is 18.2. The third-order valence-corrected chi connectivity index (χ3v) is 9.60. The first kappa shape index (κ1) is 26.2. The zero-order valence-electron chi connectivity index (χ0n) is 19.4. The highest BCUT2D eigenvalue weighted by atomic mass is 35.5. The Labute approximate surface area is 216 Å². The molecule has 0 unspecified atom stereocenters. The standard InChI is InChI=1S/C25H26ClN3O5S2/c26-23-15-10-19(18-24(23)35(31,32)28-21-8-4-3-5-9-21)25(30)27-20-11-13-22(14-12-20)36(33,34)29-16-6-1-2-7-17-29/h3-5,8-15,18,28H,1-2,6-7,16-17H2,(H,27,30). The van der Waals surface area contributed by atoms with Crippen molar-refractivity contribution in [2.45, 2.75) is 35.5 Å². The average Bonchev–Trinajstić information content (AvgIpc) is 3.15. The Balaban J connectivity index is 1.50. The maximum Gasteiger partial charge on any atom is 0.263 e. The van der Waals surface area contributed by atoms with Crippen LogP contribution >= 0.6 is 11.6 Å². The number of nitrogens with zero attached hydrogens (tertiary/aromatic N) is 1. The lowest BCUT2D eigenvalue weighted by Gasteiger charge is -2.20. The molecule has 8 nitrogen and oxygen atoms in total. The topological polar surface area (TPSA) is 113 Å². The summed E-state index contributed by atoms with van der Waals surface area (Å²) in [6.07, 6.45) is 3.72. The minimum absolute atomic E-state index is 0.0296. The van der Waals surface area contributed by atoms with Gasteiger partial charge in [0.25, 0.3) is 15.9 Å². The quantitative estimate of drug-likeness (QED) is 0.434. The molecule has 1 aliphatic rings. The lowest BCUT2D eigenvalue weighted by molar-refractivity contribution is 0.102. The van der Waals surface area contributed by atoms with Crippen molar-refractivity contribution in [3.05, 3.63) is 83.4 Å². The summed E-state index contributed by atoms with van der Waals surface area (Å²) >= 11 is 6.13. The number of hydrogen-bond donors (Lipinski definition) is 2. The van der Waals surface area contributed by atoms with Gasteiger partial charge < -0.3 is 5.32 Å². The number of anilines is 2. The minimum atomic E-state index is -4.04. The Hall–Kier alpha value is -2.92. The average molecular weight is 548 g/mol. The van der Waals surface area contributed by atoms with Crippen molar-refractivity contribution in [1.82, 2.24) is 4.31 Å². The highest BCUT2D eigenvalue weighted by Gasteiger charge is 2.25. The van der Waals surface area contributed by atoms with Crippen molar-refractivity contribution >= 4 is 48.9 Å². The number of halogens is 1. The molecule has 2 N–H and O–H groups in total. The van der Waals surface area contributed by atoms with Crippen LogP contribution in [0.15, 0.2) is 82.6 Å². The number of benzene rings is 3. The van der Waals surface area contributed by atoms with Crippen LogP contribution in [0.4, 0.5) is 11.4 Å². The van der Waals surface area contributed by atoms with Crippen LogP contribution in [0.1, 0.15) is 36.0 Å². The Morgan fingerprint density at radius 1 is 0.778 bits per heavy atom. The number of carbonyl (C=O) groups is 1. The minimum Gasteiger partial charge on any atom is -0.322 e. The maximum absolute atomic E-state index is 13.0. The molecule has 1 heterocycles. The van der Waals surface area contributed by atoms with Crippen LogP contribution in [0.3, 0.4) is 0 Å². The summed E-state index contributed by atoms with van der Waals surface area (Å²) in [6.45, 7) is 1.00. The zero-order chi connectivity index (χ0) is 25.8. The van der Waals surface area contributed by atoms with Gasteiger partial charge in [0.15, 0.2) is 0 Å². The summed E-state index contributed by atoms with van der Waals surface area (Å²) in [4.78, 5) is 12.8. The van der Waals surface area contributed by atoms with E-state index in [1.807, 2.05) is 0 Å². The first-order valence-corrected chi connectivity index (χ1v) is 14.8. The Morgan fingerprint density at radius 3 is 2.06 bits per heavy atom. The fourth-order valence-electron chi connectivity index (χ4n) is 3.91. The second-order valence-electron chi connectivity index (χ2n) is 8.41. The second-order valence-corrected chi connectivity index (χ2v) is 12.4. The van der Waals surface area contributed by atoms with E-state index in [2.05, 4.69) is 10.0 Å². The lowest BCUT2D eigenvalue weighted by Crippen LogP contribution is -2.31. The summed E-state index contributed by atoms with van der Waals surface area (Å²) in [7, 11) is -7.64. The smallest absolute Gasteiger partial charge is 0.263 e. The van der Waals surface area contributed by atoms with Gasteiger partial charge in [0.05, 0.1) is 9.92 Å². The molecule has 0 aliphatic carbocycles. The van der Waals surface area contributed by atoms with E-state index < -0.39 is 26.0 Å². The number of nitrogens with one attached hydrogen (secondary N) is 2. The largest absolute Gasteiger partial charge is 0.322 e.